The molecular formula is C27H21F3N6O4S. The number of H-pyrrole nitrogens is 1. The van der Waals surface area contributed by atoms with Gasteiger partial charge in [-0.1, -0.05) is 6.07 Å². The topological polar surface area (TPSA) is 145 Å². The van der Waals surface area contributed by atoms with Crippen molar-refractivity contribution in [3.8, 4) is 17.3 Å². The highest BCUT2D eigenvalue weighted by Crippen LogP contribution is 2.32. The summed E-state index contributed by atoms with van der Waals surface area (Å²) < 4.78 is 75.5. The molecule has 0 unspecified atom stereocenters. The van der Waals surface area contributed by atoms with Crippen LogP contribution in [0.2, 0.25) is 0 Å². The number of halogens is 3. The molecule has 0 radical (unpaired) electrons. The van der Waals surface area contributed by atoms with E-state index in [2.05, 4.69) is 19.8 Å². The Morgan fingerprint density at radius 2 is 1.90 bits per heavy atom. The Kier molecular flexibility index (Phi) is 6.21. The lowest BCUT2D eigenvalue weighted by atomic mass is 10.1. The minimum Gasteiger partial charge on any atom is -0.436 e. The highest BCUT2D eigenvalue weighted by molar-refractivity contribution is 7.93. The SMILES string of the molecule is Cc1cc(Oc2cccc(F)c2F)ncc1-n1ncc(C(=O)c2cc3cc(F)c(NS(=O)(=O)C4CC4)cc3[nH]2)c1N. The number of benzene rings is 2. The molecule has 0 saturated heterocycles. The number of anilines is 2. The van der Waals surface area contributed by atoms with E-state index < -0.39 is 38.5 Å². The maximum absolute atomic E-state index is 14.6. The summed E-state index contributed by atoms with van der Waals surface area (Å²) >= 11 is 0. The summed E-state index contributed by atoms with van der Waals surface area (Å²) in [5, 5.41) is 4.03. The molecule has 0 amide bonds. The van der Waals surface area contributed by atoms with Gasteiger partial charge >= 0.3 is 0 Å². The third kappa shape index (κ3) is 4.86. The van der Waals surface area contributed by atoms with Crippen LogP contribution in [0.1, 0.15) is 34.5 Å². The zero-order chi connectivity index (χ0) is 29.1. The molecular weight excluding hydrogens is 561 g/mol. The highest BCUT2D eigenvalue weighted by Gasteiger charge is 2.36. The number of aromatic amines is 1. The van der Waals surface area contributed by atoms with Gasteiger partial charge in [0.15, 0.2) is 11.6 Å². The van der Waals surface area contributed by atoms with Crippen LogP contribution < -0.4 is 15.2 Å². The number of fused-ring (bicyclic) bond motifs is 1. The predicted octanol–water partition coefficient (Wildman–Crippen LogP) is 4.98. The van der Waals surface area contributed by atoms with Gasteiger partial charge in [-0.15, -0.1) is 0 Å². The second kappa shape index (κ2) is 9.66. The lowest BCUT2D eigenvalue weighted by Gasteiger charge is -2.11. The first-order valence-electron chi connectivity index (χ1n) is 12.3. The second-order valence-electron chi connectivity index (χ2n) is 9.60. The van der Waals surface area contributed by atoms with E-state index in [9.17, 15) is 26.4 Å². The minimum absolute atomic E-state index is 0.00174. The number of rotatable bonds is 8. The summed E-state index contributed by atoms with van der Waals surface area (Å²) in [6.45, 7) is 1.69. The van der Waals surface area contributed by atoms with Gasteiger partial charge in [0.1, 0.15) is 11.6 Å². The lowest BCUT2D eigenvalue weighted by molar-refractivity contribution is 0.103. The van der Waals surface area contributed by atoms with Gasteiger partial charge in [-0.25, -0.2) is 26.9 Å². The molecule has 1 fully saturated rings. The number of ketones is 1. The number of aromatic nitrogens is 4. The van der Waals surface area contributed by atoms with Crippen molar-refractivity contribution < 1.29 is 31.1 Å². The maximum atomic E-state index is 14.6. The number of nitrogens with zero attached hydrogens (tertiary/aromatic N) is 3. The molecule has 210 valence electrons. The molecule has 0 atom stereocenters. The summed E-state index contributed by atoms with van der Waals surface area (Å²) in [5.41, 5.74) is 7.49. The number of nitrogen functional groups attached to an aromatic ring is 1. The summed E-state index contributed by atoms with van der Waals surface area (Å²) in [6.07, 6.45) is 3.68. The van der Waals surface area contributed by atoms with Crippen LogP contribution in [0.4, 0.5) is 24.7 Å². The van der Waals surface area contributed by atoms with Gasteiger partial charge in [0.05, 0.1) is 40.3 Å². The van der Waals surface area contributed by atoms with E-state index in [0.717, 1.165) is 12.1 Å². The van der Waals surface area contributed by atoms with E-state index in [1.807, 2.05) is 0 Å². The molecule has 14 heteroatoms. The fourth-order valence-corrected chi connectivity index (χ4v) is 5.70. The molecule has 5 aromatic rings. The van der Waals surface area contributed by atoms with Crippen molar-refractivity contribution >= 4 is 38.2 Å². The van der Waals surface area contributed by atoms with Crippen LogP contribution in [0.25, 0.3) is 16.6 Å². The van der Waals surface area contributed by atoms with E-state index in [-0.39, 0.29) is 34.4 Å². The van der Waals surface area contributed by atoms with E-state index in [4.69, 9.17) is 10.5 Å². The Bertz CT molecular complexity index is 1970. The molecule has 1 aliphatic carbocycles. The predicted molar refractivity (Wildman–Crippen MR) is 144 cm³/mol. The summed E-state index contributed by atoms with van der Waals surface area (Å²) in [7, 11) is -3.68. The molecule has 1 saturated carbocycles. The third-order valence-electron chi connectivity index (χ3n) is 6.64. The second-order valence-corrected chi connectivity index (χ2v) is 11.6. The van der Waals surface area contributed by atoms with Crippen LogP contribution >= 0.6 is 0 Å². The van der Waals surface area contributed by atoms with E-state index in [0.29, 0.717) is 35.0 Å². The number of pyridine rings is 1. The molecule has 10 nitrogen and oxygen atoms in total. The average Bonchev–Trinajstić information content (AvgIpc) is 3.62. The van der Waals surface area contributed by atoms with Crippen molar-refractivity contribution in [1.82, 2.24) is 19.7 Å². The molecule has 1 aliphatic rings. The average molecular weight is 583 g/mol. The first-order chi connectivity index (χ1) is 19.5. The molecule has 4 N–H and O–H groups in total. The number of hydrogen-bond donors (Lipinski definition) is 3. The highest BCUT2D eigenvalue weighted by atomic mass is 32.2. The van der Waals surface area contributed by atoms with E-state index >= 15 is 0 Å². The molecule has 41 heavy (non-hydrogen) atoms. The van der Waals surface area contributed by atoms with Crippen LogP contribution in [0.5, 0.6) is 11.6 Å². The zero-order valence-electron chi connectivity index (χ0n) is 21.3. The van der Waals surface area contributed by atoms with Gasteiger partial charge in [0, 0.05) is 17.0 Å². The Balaban J connectivity index is 1.26. The van der Waals surface area contributed by atoms with Gasteiger partial charge in [0.25, 0.3) is 0 Å². The monoisotopic (exact) mass is 582 g/mol. The Morgan fingerprint density at radius 3 is 2.63 bits per heavy atom. The number of carbonyl (C=O) groups excluding carboxylic acids is 1. The lowest BCUT2D eigenvalue weighted by Crippen LogP contribution is -2.18. The van der Waals surface area contributed by atoms with Crippen molar-refractivity contribution in [3.63, 3.8) is 0 Å². The standard InChI is InChI=1S/C27H21F3N6O4S/c1-13-7-24(40-23-4-2-3-17(28)25(23)30)32-12-22(13)36-27(31)16(11-33-36)26(37)21-9-14-8-18(29)20(10-19(14)34-21)35-41(38,39)15-5-6-15/h2-4,7-12,15,34-35H,5-6,31H2,1H3. The van der Waals surface area contributed by atoms with Crippen LogP contribution in [0, 0.1) is 24.4 Å². The van der Waals surface area contributed by atoms with Crippen molar-refractivity contribution in [2.45, 2.75) is 25.0 Å². The number of sulfonamides is 1. The minimum atomic E-state index is -3.68. The van der Waals surface area contributed by atoms with E-state index in [1.54, 1.807) is 6.92 Å². The number of nitrogens with one attached hydrogen (secondary N) is 2. The number of carbonyl (C=O) groups is 1. The van der Waals surface area contributed by atoms with Crippen molar-refractivity contribution in [2.75, 3.05) is 10.5 Å². The van der Waals surface area contributed by atoms with Gasteiger partial charge in [-0.3, -0.25) is 9.52 Å². The summed E-state index contributed by atoms with van der Waals surface area (Å²) in [6, 6.07) is 8.87. The number of aryl methyl sites for hydroxylation is 1. The first kappa shape index (κ1) is 26.4. The molecule has 0 aliphatic heterocycles. The fraction of sp³-hybridized carbons (Fsp3) is 0.148. The number of ether oxygens (including phenoxy) is 1. The summed E-state index contributed by atoms with van der Waals surface area (Å²) in [4.78, 5) is 20.3. The Morgan fingerprint density at radius 1 is 1.12 bits per heavy atom. The fourth-order valence-electron chi connectivity index (χ4n) is 4.31. The van der Waals surface area contributed by atoms with Crippen molar-refractivity contribution in [3.05, 3.63) is 89.1 Å². The summed E-state index contributed by atoms with van der Waals surface area (Å²) in [5.74, 6) is -3.85. The third-order valence-corrected chi connectivity index (χ3v) is 8.49. The van der Waals surface area contributed by atoms with Gasteiger partial charge in [-0.05, 0) is 55.7 Å². The molecule has 3 heterocycles. The smallest absolute Gasteiger partial charge is 0.235 e. The van der Waals surface area contributed by atoms with Gasteiger partial charge < -0.3 is 15.5 Å². The Labute approximate surface area is 231 Å². The van der Waals surface area contributed by atoms with Crippen molar-refractivity contribution in [2.24, 2.45) is 0 Å². The first-order valence-corrected chi connectivity index (χ1v) is 13.9. The Hall–Kier alpha value is -4.85. The molecule has 0 bridgehead atoms. The molecule has 6 rings (SSSR count). The largest absolute Gasteiger partial charge is 0.436 e. The quantitative estimate of drug-likeness (QED) is 0.219. The van der Waals surface area contributed by atoms with Crippen LogP contribution in [0.3, 0.4) is 0 Å². The molecule has 0 spiro atoms. The number of nitrogens with two attached hydrogens (primary N) is 1. The van der Waals surface area contributed by atoms with E-state index in [1.165, 1.54) is 47.4 Å². The zero-order valence-corrected chi connectivity index (χ0v) is 22.1. The van der Waals surface area contributed by atoms with Gasteiger partial charge in [0.2, 0.25) is 27.5 Å². The van der Waals surface area contributed by atoms with Gasteiger partial charge in [-0.2, -0.15) is 9.49 Å². The van der Waals surface area contributed by atoms with Crippen LogP contribution in [-0.2, 0) is 10.0 Å². The van der Waals surface area contributed by atoms with Crippen molar-refractivity contribution in [1.29, 1.82) is 0 Å². The van der Waals surface area contributed by atoms with Crippen LogP contribution in [0.15, 0.2) is 54.9 Å². The molecule has 3 aromatic heterocycles. The normalized spacial score (nSPS) is 13.5. The number of hydrogen-bond acceptors (Lipinski definition) is 7. The molecule has 2 aromatic carbocycles. The maximum Gasteiger partial charge on any atom is 0.235 e. The van der Waals surface area contributed by atoms with Crippen LogP contribution in [-0.4, -0.2) is 39.2 Å².